The molecule has 0 bridgehead atoms. The molecule has 2 aliphatic heterocycles. The maximum Gasteiger partial charge on any atom is 0.322 e. The molecule has 2 heterocycles. The van der Waals surface area contributed by atoms with Crippen LogP contribution < -0.4 is 10.6 Å². The fourth-order valence-corrected chi connectivity index (χ4v) is 4.61. The lowest BCUT2D eigenvalue weighted by Gasteiger charge is -2.31. The van der Waals surface area contributed by atoms with Gasteiger partial charge in [0.1, 0.15) is 6.04 Å². The van der Waals surface area contributed by atoms with Crippen LogP contribution >= 0.6 is 0 Å². The number of nitro benzene ring substituents is 1. The maximum atomic E-state index is 13.8. The van der Waals surface area contributed by atoms with Crippen LogP contribution in [-0.2, 0) is 16.0 Å². The first-order valence-corrected chi connectivity index (χ1v) is 11.5. The summed E-state index contributed by atoms with van der Waals surface area (Å²) in [6, 6.07) is 13.5. The molecule has 3 aliphatic rings. The fraction of sp³-hybridized carbons (Fsp3) is 0.320. The number of hydrogen-bond donors (Lipinski definition) is 2. The lowest BCUT2D eigenvalue weighted by atomic mass is 9.95. The van der Waals surface area contributed by atoms with Crippen molar-refractivity contribution in [2.45, 2.75) is 37.4 Å². The van der Waals surface area contributed by atoms with E-state index in [1.165, 1.54) is 28.0 Å². The lowest BCUT2D eigenvalue weighted by Crippen LogP contribution is -2.50. The number of amides is 4. The molecule has 10 nitrogen and oxygen atoms in total. The predicted octanol–water partition coefficient (Wildman–Crippen LogP) is 2.28. The second-order valence-electron chi connectivity index (χ2n) is 9.08. The highest BCUT2D eigenvalue weighted by Gasteiger charge is 2.46. The third kappa shape index (κ3) is 4.34. The quantitative estimate of drug-likeness (QED) is 0.470. The summed E-state index contributed by atoms with van der Waals surface area (Å²) >= 11 is 0. The first-order valence-electron chi connectivity index (χ1n) is 11.5. The van der Waals surface area contributed by atoms with E-state index >= 15 is 0 Å². The van der Waals surface area contributed by atoms with E-state index in [1.807, 2.05) is 30.3 Å². The van der Waals surface area contributed by atoms with Gasteiger partial charge in [0.15, 0.2) is 0 Å². The molecule has 2 aromatic rings. The summed E-state index contributed by atoms with van der Waals surface area (Å²) in [4.78, 5) is 53.5. The summed E-state index contributed by atoms with van der Waals surface area (Å²) < 4.78 is 0. The molecule has 2 N–H and O–H groups in total. The number of likely N-dealkylation sites (N-methyl/N-ethyl adjacent to an activating group) is 1. The van der Waals surface area contributed by atoms with Gasteiger partial charge in [0, 0.05) is 31.6 Å². The Morgan fingerprint density at radius 2 is 1.91 bits per heavy atom. The molecule has 180 valence electrons. The van der Waals surface area contributed by atoms with Gasteiger partial charge in [-0.3, -0.25) is 24.6 Å². The summed E-state index contributed by atoms with van der Waals surface area (Å²) in [5, 5.41) is 17.1. The van der Waals surface area contributed by atoms with Crippen LogP contribution in [0.4, 0.5) is 10.5 Å². The van der Waals surface area contributed by atoms with Crippen LogP contribution in [0.2, 0.25) is 0 Å². The highest BCUT2D eigenvalue weighted by molar-refractivity contribution is 6.03. The van der Waals surface area contributed by atoms with Gasteiger partial charge < -0.3 is 15.5 Å². The van der Waals surface area contributed by atoms with Gasteiger partial charge in [-0.25, -0.2) is 4.79 Å². The first-order chi connectivity index (χ1) is 16.8. The van der Waals surface area contributed by atoms with Crippen molar-refractivity contribution in [1.29, 1.82) is 0 Å². The number of nitrogens with zero attached hydrogens (tertiary/aromatic N) is 3. The largest absolute Gasteiger partial charge is 0.352 e. The van der Waals surface area contributed by atoms with Crippen molar-refractivity contribution in [2.75, 3.05) is 13.6 Å². The molecular weight excluding hydrogens is 450 g/mol. The molecule has 0 aromatic heterocycles. The van der Waals surface area contributed by atoms with Crippen molar-refractivity contribution >= 4 is 23.5 Å². The summed E-state index contributed by atoms with van der Waals surface area (Å²) in [6.45, 7) is 0.0963. The van der Waals surface area contributed by atoms with Crippen molar-refractivity contribution in [3.63, 3.8) is 0 Å². The van der Waals surface area contributed by atoms with Crippen LogP contribution in [0.25, 0.3) is 0 Å². The van der Waals surface area contributed by atoms with E-state index in [2.05, 4.69) is 10.6 Å². The number of hydrogen-bond acceptors (Lipinski definition) is 5. The molecule has 10 heteroatoms. The molecule has 1 fully saturated rings. The SMILES string of the molecule is CN1C(=O)N[C@@H](c2cccc([N+](=O)[O-])c2)C2=C1CN([C@@H](Cc1ccccc1)C(=O)NC1CC1)C2=O. The second-order valence-corrected chi connectivity index (χ2v) is 9.08. The van der Waals surface area contributed by atoms with Crippen molar-refractivity contribution in [1.82, 2.24) is 20.4 Å². The Hall–Kier alpha value is -4.21. The average molecular weight is 476 g/mol. The monoisotopic (exact) mass is 475 g/mol. The molecule has 1 saturated carbocycles. The zero-order valence-corrected chi connectivity index (χ0v) is 19.1. The van der Waals surface area contributed by atoms with E-state index in [4.69, 9.17) is 0 Å². The number of carbonyl (C=O) groups excluding carboxylic acids is 3. The lowest BCUT2D eigenvalue weighted by molar-refractivity contribution is -0.384. The molecule has 0 saturated heterocycles. The van der Waals surface area contributed by atoms with E-state index in [1.54, 1.807) is 13.1 Å². The molecule has 0 unspecified atom stereocenters. The number of carbonyl (C=O) groups is 3. The van der Waals surface area contributed by atoms with E-state index in [9.17, 15) is 24.5 Å². The van der Waals surface area contributed by atoms with Crippen LogP contribution in [0.5, 0.6) is 0 Å². The smallest absolute Gasteiger partial charge is 0.322 e. The zero-order chi connectivity index (χ0) is 24.7. The van der Waals surface area contributed by atoms with Crippen molar-refractivity contribution in [2.24, 2.45) is 0 Å². The van der Waals surface area contributed by atoms with Gasteiger partial charge in [-0.15, -0.1) is 0 Å². The van der Waals surface area contributed by atoms with Gasteiger partial charge in [-0.05, 0) is 24.0 Å². The third-order valence-corrected chi connectivity index (χ3v) is 6.68. The number of urea groups is 1. The van der Waals surface area contributed by atoms with Crippen LogP contribution in [0.1, 0.15) is 30.0 Å². The van der Waals surface area contributed by atoms with Gasteiger partial charge in [0.25, 0.3) is 11.6 Å². The van der Waals surface area contributed by atoms with Crippen LogP contribution in [-0.4, -0.2) is 58.2 Å². The number of non-ortho nitro benzene ring substituents is 1. The maximum absolute atomic E-state index is 13.8. The standard InChI is InChI=1S/C25H25N5O5/c1-28-20-14-29(19(23(31)26-17-10-11-17)12-15-6-3-2-4-7-15)24(32)21(20)22(27-25(28)33)16-8-5-9-18(13-16)30(34)35/h2-9,13,17,19,22H,10-12,14H2,1H3,(H,26,31)(H,27,33)/t19-,22-/m0/s1. The molecule has 0 spiro atoms. The van der Waals surface area contributed by atoms with Gasteiger partial charge in [-0.2, -0.15) is 0 Å². The molecule has 2 aromatic carbocycles. The average Bonchev–Trinajstić information content (AvgIpc) is 3.61. The van der Waals surface area contributed by atoms with Gasteiger partial charge >= 0.3 is 6.03 Å². The fourth-order valence-electron chi connectivity index (χ4n) is 4.61. The topological polar surface area (TPSA) is 125 Å². The minimum atomic E-state index is -0.852. The predicted molar refractivity (Wildman–Crippen MR) is 126 cm³/mol. The Balaban J connectivity index is 1.50. The van der Waals surface area contributed by atoms with Gasteiger partial charge in [0.05, 0.1) is 28.8 Å². The van der Waals surface area contributed by atoms with E-state index < -0.39 is 23.0 Å². The highest BCUT2D eigenvalue weighted by atomic mass is 16.6. The Kier molecular flexibility index (Phi) is 5.72. The molecule has 35 heavy (non-hydrogen) atoms. The first kappa shape index (κ1) is 22.6. The molecule has 2 atom stereocenters. The molecule has 4 amide bonds. The van der Waals surface area contributed by atoms with Gasteiger partial charge in [-0.1, -0.05) is 42.5 Å². The number of nitro groups is 1. The number of rotatable bonds is 7. The molecule has 1 aliphatic carbocycles. The number of nitrogens with one attached hydrogen (secondary N) is 2. The minimum absolute atomic E-state index is 0.0963. The molecular formula is C25H25N5O5. The third-order valence-electron chi connectivity index (χ3n) is 6.68. The molecule has 0 radical (unpaired) electrons. The Morgan fingerprint density at radius 1 is 1.17 bits per heavy atom. The van der Waals surface area contributed by atoms with Crippen LogP contribution in [0.3, 0.4) is 0 Å². The molecule has 5 rings (SSSR count). The number of benzene rings is 2. The van der Waals surface area contributed by atoms with Crippen molar-refractivity contribution < 1.29 is 19.3 Å². The van der Waals surface area contributed by atoms with E-state index in [0.29, 0.717) is 23.3 Å². The van der Waals surface area contributed by atoms with E-state index in [0.717, 1.165) is 18.4 Å². The Morgan fingerprint density at radius 3 is 2.60 bits per heavy atom. The van der Waals surface area contributed by atoms with Crippen molar-refractivity contribution in [3.8, 4) is 0 Å². The van der Waals surface area contributed by atoms with Crippen LogP contribution in [0.15, 0.2) is 65.9 Å². The Bertz CT molecular complexity index is 1240. The zero-order valence-electron chi connectivity index (χ0n) is 19.1. The summed E-state index contributed by atoms with van der Waals surface area (Å²) in [5.41, 5.74) is 2.03. The Labute approximate surface area is 201 Å². The summed E-state index contributed by atoms with van der Waals surface area (Å²) in [7, 11) is 1.57. The van der Waals surface area contributed by atoms with Gasteiger partial charge in [0.2, 0.25) is 5.91 Å². The summed E-state index contributed by atoms with van der Waals surface area (Å²) in [6.07, 6.45) is 2.17. The van der Waals surface area contributed by atoms with E-state index in [-0.39, 0.29) is 30.1 Å². The van der Waals surface area contributed by atoms with Crippen molar-refractivity contribution in [3.05, 3.63) is 87.1 Å². The van der Waals surface area contributed by atoms with Crippen LogP contribution in [0, 0.1) is 10.1 Å². The summed E-state index contributed by atoms with van der Waals surface area (Å²) in [5.74, 6) is -0.589. The normalized spacial score (nSPS) is 20.4. The second kappa shape index (κ2) is 8.86. The minimum Gasteiger partial charge on any atom is -0.352 e. The highest BCUT2D eigenvalue weighted by Crippen LogP contribution is 2.37.